The number of hydrogen-bond donors (Lipinski definition) is 1. The van der Waals surface area contributed by atoms with Gasteiger partial charge in [0.1, 0.15) is 5.82 Å². The first kappa shape index (κ1) is 11.9. The fourth-order valence-electron chi connectivity index (χ4n) is 2.72. The molecule has 2 unspecified atom stereocenters. The maximum absolute atomic E-state index is 6.19. The summed E-state index contributed by atoms with van der Waals surface area (Å²) < 4.78 is 2.22. The van der Waals surface area contributed by atoms with Crippen molar-refractivity contribution in [3.05, 3.63) is 40.6 Å². The molecule has 1 aliphatic heterocycles. The van der Waals surface area contributed by atoms with Crippen LogP contribution in [0, 0.1) is 0 Å². The van der Waals surface area contributed by atoms with Gasteiger partial charge in [-0.25, -0.2) is 4.98 Å². The molecule has 3 rings (SSSR count). The molecule has 5 heteroatoms. The summed E-state index contributed by atoms with van der Waals surface area (Å²) in [6, 6.07) is 2.60. The van der Waals surface area contributed by atoms with Crippen molar-refractivity contribution in [1.29, 1.82) is 0 Å². The van der Waals surface area contributed by atoms with Crippen LogP contribution in [0.4, 0.5) is 0 Å². The summed E-state index contributed by atoms with van der Waals surface area (Å²) in [4.78, 5) is 6.85. The second-order valence-electron chi connectivity index (χ2n) is 4.87. The largest absolute Gasteiger partial charge is 0.333 e. The monoisotopic (exact) mass is 262 g/mol. The zero-order chi connectivity index (χ0) is 12.5. The molecule has 4 nitrogen and oxygen atoms in total. The molecular weight excluding hydrogens is 244 g/mol. The Balaban J connectivity index is 1.85. The highest BCUT2D eigenvalue weighted by Gasteiger charge is 2.28. The van der Waals surface area contributed by atoms with E-state index in [4.69, 9.17) is 5.73 Å². The summed E-state index contributed by atoms with van der Waals surface area (Å²) in [5, 5.41) is 4.32. The standard InChI is InChI=1S/C13H18N4S/c1-10(14)13(11-2-7-18-9-11)17-6-5-16-4-3-15-12(16)8-17/h2-4,7,9-10,13H,5-6,8,14H2,1H3. The van der Waals surface area contributed by atoms with Crippen molar-refractivity contribution in [3.63, 3.8) is 0 Å². The van der Waals surface area contributed by atoms with E-state index in [1.165, 1.54) is 5.56 Å². The molecule has 0 saturated carbocycles. The molecule has 2 aromatic rings. The number of rotatable bonds is 3. The molecule has 2 N–H and O–H groups in total. The summed E-state index contributed by atoms with van der Waals surface area (Å²) in [5.74, 6) is 1.14. The fourth-order valence-corrected chi connectivity index (χ4v) is 3.41. The van der Waals surface area contributed by atoms with E-state index in [0.717, 1.165) is 25.5 Å². The minimum Gasteiger partial charge on any atom is -0.333 e. The third-order valence-corrected chi connectivity index (χ3v) is 4.25. The minimum atomic E-state index is 0.126. The van der Waals surface area contributed by atoms with E-state index in [-0.39, 0.29) is 6.04 Å². The number of aromatic nitrogens is 2. The Hall–Kier alpha value is -1.17. The zero-order valence-electron chi connectivity index (χ0n) is 10.5. The third-order valence-electron chi connectivity index (χ3n) is 3.55. The van der Waals surface area contributed by atoms with E-state index in [0.29, 0.717) is 6.04 Å². The zero-order valence-corrected chi connectivity index (χ0v) is 11.3. The lowest BCUT2D eigenvalue weighted by Gasteiger charge is -2.36. The maximum atomic E-state index is 6.19. The lowest BCUT2D eigenvalue weighted by atomic mass is 10.0. The Morgan fingerprint density at radius 1 is 1.44 bits per heavy atom. The van der Waals surface area contributed by atoms with Gasteiger partial charge in [-0.2, -0.15) is 11.3 Å². The number of hydrogen-bond acceptors (Lipinski definition) is 4. The molecule has 0 spiro atoms. The third kappa shape index (κ3) is 2.09. The first-order valence-electron chi connectivity index (χ1n) is 6.27. The van der Waals surface area contributed by atoms with Gasteiger partial charge in [0.25, 0.3) is 0 Å². The molecule has 0 saturated heterocycles. The van der Waals surface area contributed by atoms with Gasteiger partial charge < -0.3 is 10.3 Å². The normalized spacial score (nSPS) is 19.4. The van der Waals surface area contributed by atoms with Crippen molar-refractivity contribution in [2.75, 3.05) is 6.54 Å². The Bertz CT molecular complexity index is 503. The van der Waals surface area contributed by atoms with Gasteiger partial charge in [-0.05, 0) is 29.3 Å². The van der Waals surface area contributed by atoms with Crippen molar-refractivity contribution < 1.29 is 0 Å². The van der Waals surface area contributed by atoms with Crippen LogP contribution in [0.25, 0.3) is 0 Å². The van der Waals surface area contributed by atoms with Crippen LogP contribution in [0.5, 0.6) is 0 Å². The quantitative estimate of drug-likeness (QED) is 0.918. The lowest BCUT2D eigenvalue weighted by Crippen LogP contribution is -2.43. The Kier molecular flexibility index (Phi) is 3.20. The second-order valence-corrected chi connectivity index (χ2v) is 5.65. The molecular formula is C13H18N4S. The number of nitrogens with zero attached hydrogens (tertiary/aromatic N) is 3. The maximum Gasteiger partial charge on any atom is 0.122 e. The van der Waals surface area contributed by atoms with Crippen molar-refractivity contribution in [2.24, 2.45) is 5.73 Å². The predicted octanol–water partition coefficient (Wildman–Crippen LogP) is 1.85. The molecule has 0 radical (unpaired) electrons. The van der Waals surface area contributed by atoms with Gasteiger partial charge in [-0.15, -0.1) is 0 Å². The van der Waals surface area contributed by atoms with Crippen molar-refractivity contribution in [2.45, 2.75) is 32.1 Å². The van der Waals surface area contributed by atoms with Crippen LogP contribution in [-0.4, -0.2) is 27.0 Å². The minimum absolute atomic E-state index is 0.126. The number of imidazole rings is 1. The van der Waals surface area contributed by atoms with Crippen LogP contribution in [0.2, 0.25) is 0 Å². The number of nitrogens with two attached hydrogens (primary N) is 1. The first-order chi connectivity index (χ1) is 8.75. The summed E-state index contributed by atoms with van der Waals surface area (Å²) >= 11 is 1.73. The van der Waals surface area contributed by atoms with E-state index in [9.17, 15) is 0 Å². The molecule has 2 atom stereocenters. The SMILES string of the molecule is CC(N)C(c1ccsc1)N1CCn2ccnc2C1. The topological polar surface area (TPSA) is 47.1 Å². The van der Waals surface area contributed by atoms with Crippen molar-refractivity contribution in [3.8, 4) is 0 Å². The van der Waals surface area contributed by atoms with Gasteiger partial charge in [0.2, 0.25) is 0 Å². The van der Waals surface area contributed by atoms with Crippen LogP contribution >= 0.6 is 11.3 Å². The number of fused-ring (bicyclic) bond motifs is 1. The highest BCUT2D eigenvalue weighted by atomic mass is 32.1. The molecule has 1 aliphatic rings. The van der Waals surface area contributed by atoms with Crippen LogP contribution in [0.1, 0.15) is 24.4 Å². The van der Waals surface area contributed by atoms with Crippen LogP contribution in [-0.2, 0) is 13.1 Å². The average molecular weight is 262 g/mol. The van der Waals surface area contributed by atoms with Crippen LogP contribution in [0.3, 0.4) is 0 Å². The van der Waals surface area contributed by atoms with E-state index in [2.05, 4.69) is 44.4 Å². The predicted molar refractivity (Wildman–Crippen MR) is 73.3 cm³/mol. The molecule has 0 bridgehead atoms. The highest BCUT2D eigenvalue weighted by molar-refractivity contribution is 7.07. The summed E-state index contributed by atoms with van der Waals surface area (Å²) in [6.45, 7) is 5.01. The van der Waals surface area contributed by atoms with Crippen LogP contribution < -0.4 is 5.73 Å². The second kappa shape index (κ2) is 4.84. The van der Waals surface area contributed by atoms with Crippen LogP contribution in [0.15, 0.2) is 29.2 Å². The Morgan fingerprint density at radius 3 is 3.06 bits per heavy atom. The fraction of sp³-hybridized carbons (Fsp3) is 0.462. The molecule has 3 heterocycles. The van der Waals surface area contributed by atoms with Gasteiger partial charge in [0.15, 0.2) is 0 Å². The van der Waals surface area contributed by atoms with E-state index in [1.54, 1.807) is 11.3 Å². The van der Waals surface area contributed by atoms with Gasteiger partial charge in [-0.1, -0.05) is 0 Å². The average Bonchev–Trinajstić information content (AvgIpc) is 2.98. The van der Waals surface area contributed by atoms with Gasteiger partial charge in [0, 0.05) is 31.5 Å². The molecule has 0 aromatic carbocycles. The molecule has 0 amide bonds. The summed E-state index contributed by atoms with van der Waals surface area (Å²) in [6.07, 6.45) is 3.93. The van der Waals surface area contributed by atoms with Crippen molar-refractivity contribution >= 4 is 11.3 Å². The molecule has 0 aliphatic carbocycles. The number of thiophene rings is 1. The molecule has 0 fully saturated rings. The first-order valence-corrected chi connectivity index (χ1v) is 7.21. The lowest BCUT2D eigenvalue weighted by molar-refractivity contribution is 0.136. The summed E-state index contributed by atoms with van der Waals surface area (Å²) in [5.41, 5.74) is 7.52. The van der Waals surface area contributed by atoms with E-state index < -0.39 is 0 Å². The van der Waals surface area contributed by atoms with Crippen molar-refractivity contribution in [1.82, 2.24) is 14.5 Å². The molecule has 96 valence electrons. The van der Waals surface area contributed by atoms with E-state index >= 15 is 0 Å². The van der Waals surface area contributed by atoms with E-state index in [1.807, 2.05) is 6.20 Å². The van der Waals surface area contributed by atoms with Gasteiger partial charge in [0.05, 0.1) is 12.6 Å². The molecule has 2 aromatic heterocycles. The smallest absolute Gasteiger partial charge is 0.122 e. The van der Waals surface area contributed by atoms with Gasteiger partial charge in [-0.3, -0.25) is 4.90 Å². The Labute approximate surface area is 111 Å². The Morgan fingerprint density at radius 2 is 2.33 bits per heavy atom. The highest BCUT2D eigenvalue weighted by Crippen LogP contribution is 2.28. The summed E-state index contributed by atoms with van der Waals surface area (Å²) in [7, 11) is 0. The van der Waals surface area contributed by atoms with Gasteiger partial charge >= 0.3 is 0 Å². The molecule has 18 heavy (non-hydrogen) atoms.